The van der Waals surface area contributed by atoms with Crippen molar-refractivity contribution in [1.82, 2.24) is 30.2 Å². The van der Waals surface area contributed by atoms with Gasteiger partial charge in [-0.15, -0.1) is 0 Å². The zero-order valence-corrected chi connectivity index (χ0v) is 19.9. The van der Waals surface area contributed by atoms with E-state index in [9.17, 15) is 0 Å². The normalized spacial score (nSPS) is 14.1. The lowest BCUT2D eigenvalue weighted by Gasteiger charge is -2.33. The molecule has 4 heterocycles. The molecule has 0 atom stereocenters. The van der Waals surface area contributed by atoms with Gasteiger partial charge in [0.25, 0.3) is 0 Å². The highest BCUT2D eigenvalue weighted by Crippen LogP contribution is 2.24. The van der Waals surface area contributed by atoms with Crippen molar-refractivity contribution in [1.29, 1.82) is 0 Å². The third-order valence-electron chi connectivity index (χ3n) is 6.08. The molecule has 5 rings (SSSR count). The molecule has 0 aliphatic carbocycles. The van der Waals surface area contributed by atoms with Gasteiger partial charge in [-0.3, -0.25) is 0 Å². The number of pyridine rings is 1. The Kier molecular flexibility index (Phi) is 6.76. The maximum absolute atomic E-state index is 4.58. The van der Waals surface area contributed by atoms with Gasteiger partial charge in [0.15, 0.2) is 5.82 Å². The molecule has 0 amide bonds. The smallest absolute Gasteiger partial charge is 0.229 e. The van der Waals surface area contributed by atoms with E-state index < -0.39 is 0 Å². The Morgan fingerprint density at radius 3 is 2.29 bits per heavy atom. The van der Waals surface area contributed by atoms with Gasteiger partial charge in [-0.1, -0.05) is 6.07 Å². The summed E-state index contributed by atoms with van der Waals surface area (Å²) in [7, 11) is 2.04. The number of aryl methyl sites for hydroxylation is 1. The fourth-order valence-corrected chi connectivity index (χ4v) is 4.15. The number of hydrogen-bond acceptors (Lipinski definition) is 9. The number of anilines is 5. The second kappa shape index (κ2) is 10.4. The Labute approximate surface area is 205 Å². The third kappa shape index (κ3) is 5.70. The average molecular weight is 468 g/mol. The highest BCUT2D eigenvalue weighted by Gasteiger charge is 2.17. The van der Waals surface area contributed by atoms with E-state index in [0.717, 1.165) is 30.2 Å². The quantitative estimate of drug-likeness (QED) is 0.367. The van der Waals surface area contributed by atoms with Crippen LogP contribution in [0.2, 0.25) is 0 Å². The maximum Gasteiger partial charge on any atom is 0.229 e. The molecule has 0 saturated carbocycles. The molecule has 35 heavy (non-hydrogen) atoms. The predicted molar refractivity (Wildman–Crippen MR) is 139 cm³/mol. The first kappa shape index (κ1) is 22.7. The van der Waals surface area contributed by atoms with Crippen LogP contribution in [0, 0.1) is 6.92 Å². The van der Waals surface area contributed by atoms with E-state index in [1.54, 1.807) is 24.5 Å². The van der Waals surface area contributed by atoms with Gasteiger partial charge in [0.05, 0.1) is 0 Å². The second-order valence-electron chi connectivity index (χ2n) is 8.54. The molecule has 1 aliphatic rings. The molecule has 1 fully saturated rings. The molecule has 0 bridgehead atoms. The van der Waals surface area contributed by atoms with Crippen LogP contribution in [0.1, 0.15) is 18.5 Å². The lowest BCUT2D eigenvalue weighted by Crippen LogP contribution is -2.41. The third-order valence-corrected chi connectivity index (χ3v) is 6.08. The topological polar surface area (TPSA) is 104 Å². The van der Waals surface area contributed by atoms with Crippen molar-refractivity contribution >= 4 is 29.0 Å². The van der Waals surface area contributed by atoms with E-state index in [1.807, 2.05) is 32.2 Å². The van der Waals surface area contributed by atoms with Crippen LogP contribution < -0.4 is 20.9 Å². The minimum absolute atomic E-state index is 0.507. The zero-order chi connectivity index (χ0) is 24.0. The standard InChI is InChI=1S/C26H29N9/c1-18-4-3-5-22(30-18)25-28-14-10-23(33-25)32-24-11-15-29-26(34-24)31-20-6-8-21(9-7-20)35-16-12-19(27-2)13-17-35/h3-11,14-15,19,27H,12-13,16-17H2,1-2H3,(H2,28,29,31,32,33,34). The molecule has 9 nitrogen and oxygen atoms in total. The van der Waals surface area contributed by atoms with Crippen LogP contribution in [-0.4, -0.2) is 51.1 Å². The monoisotopic (exact) mass is 467 g/mol. The molecule has 0 spiro atoms. The lowest BCUT2D eigenvalue weighted by molar-refractivity contribution is 0.442. The lowest BCUT2D eigenvalue weighted by atomic mass is 10.0. The van der Waals surface area contributed by atoms with Crippen LogP contribution >= 0.6 is 0 Å². The van der Waals surface area contributed by atoms with Gasteiger partial charge in [0.2, 0.25) is 5.95 Å². The molecular weight excluding hydrogens is 438 g/mol. The number of aromatic nitrogens is 5. The SMILES string of the molecule is CNC1CCN(c2ccc(Nc3nccc(Nc4ccnc(-c5cccc(C)n5)n4)n3)cc2)CC1. The summed E-state index contributed by atoms with van der Waals surface area (Å²) in [6, 6.07) is 18.4. The van der Waals surface area contributed by atoms with Gasteiger partial charge < -0.3 is 20.9 Å². The number of hydrogen-bond donors (Lipinski definition) is 3. The Balaban J connectivity index is 1.24. The summed E-state index contributed by atoms with van der Waals surface area (Å²) in [5.41, 5.74) is 3.82. The Morgan fingerprint density at radius 1 is 0.800 bits per heavy atom. The van der Waals surface area contributed by atoms with Crippen molar-refractivity contribution < 1.29 is 0 Å². The van der Waals surface area contributed by atoms with E-state index in [0.29, 0.717) is 29.5 Å². The minimum Gasteiger partial charge on any atom is -0.371 e. The summed E-state index contributed by atoms with van der Waals surface area (Å²) < 4.78 is 0. The molecule has 9 heteroatoms. The molecule has 3 aromatic heterocycles. The first-order valence-corrected chi connectivity index (χ1v) is 11.8. The second-order valence-corrected chi connectivity index (χ2v) is 8.54. The van der Waals surface area contributed by atoms with Crippen molar-refractivity contribution in [3.05, 3.63) is 72.7 Å². The van der Waals surface area contributed by atoms with Gasteiger partial charge in [-0.25, -0.2) is 19.9 Å². The van der Waals surface area contributed by atoms with Gasteiger partial charge >= 0.3 is 0 Å². The van der Waals surface area contributed by atoms with Crippen LogP contribution in [0.5, 0.6) is 0 Å². The molecule has 1 saturated heterocycles. The first-order chi connectivity index (χ1) is 17.2. The number of piperidine rings is 1. The van der Waals surface area contributed by atoms with Crippen LogP contribution in [0.15, 0.2) is 67.0 Å². The number of rotatable bonds is 7. The van der Waals surface area contributed by atoms with E-state index in [1.165, 1.54) is 18.5 Å². The van der Waals surface area contributed by atoms with Crippen molar-refractivity contribution in [3.8, 4) is 11.5 Å². The fraction of sp³-hybridized carbons (Fsp3) is 0.269. The summed E-state index contributed by atoms with van der Waals surface area (Å²) in [6.45, 7) is 4.08. The van der Waals surface area contributed by atoms with E-state index in [4.69, 9.17) is 0 Å². The Morgan fingerprint density at radius 2 is 1.54 bits per heavy atom. The van der Waals surface area contributed by atoms with Crippen LogP contribution in [0.25, 0.3) is 11.5 Å². The molecule has 178 valence electrons. The van der Waals surface area contributed by atoms with Gasteiger partial charge in [-0.2, -0.15) is 4.98 Å². The van der Waals surface area contributed by atoms with Crippen LogP contribution in [0.3, 0.4) is 0 Å². The summed E-state index contributed by atoms with van der Waals surface area (Å²) in [6.07, 6.45) is 5.75. The highest BCUT2D eigenvalue weighted by atomic mass is 15.2. The van der Waals surface area contributed by atoms with Crippen molar-refractivity contribution in [3.63, 3.8) is 0 Å². The van der Waals surface area contributed by atoms with Crippen molar-refractivity contribution in [2.45, 2.75) is 25.8 Å². The highest BCUT2D eigenvalue weighted by molar-refractivity contribution is 5.61. The molecule has 3 N–H and O–H groups in total. The fourth-order valence-electron chi connectivity index (χ4n) is 4.15. The zero-order valence-electron chi connectivity index (χ0n) is 19.9. The maximum atomic E-state index is 4.58. The van der Waals surface area contributed by atoms with E-state index in [-0.39, 0.29) is 0 Å². The van der Waals surface area contributed by atoms with E-state index >= 15 is 0 Å². The van der Waals surface area contributed by atoms with Crippen LogP contribution in [-0.2, 0) is 0 Å². The molecular formula is C26H29N9. The minimum atomic E-state index is 0.507. The summed E-state index contributed by atoms with van der Waals surface area (Å²) >= 11 is 0. The summed E-state index contributed by atoms with van der Waals surface area (Å²) in [4.78, 5) is 24.8. The Hall–Kier alpha value is -4.11. The van der Waals surface area contributed by atoms with E-state index in [2.05, 4.69) is 70.0 Å². The number of benzene rings is 1. The predicted octanol–water partition coefficient (Wildman–Crippen LogP) is 4.31. The number of nitrogens with one attached hydrogen (secondary N) is 3. The molecule has 4 aromatic rings. The van der Waals surface area contributed by atoms with Crippen LogP contribution in [0.4, 0.5) is 29.0 Å². The van der Waals surface area contributed by atoms with Crippen molar-refractivity contribution in [2.75, 3.05) is 35.7 Å². The van der Waals surface area contributed by atoms with Crippen molar-refractivity contribution in [2.24, 2.45) is 0 Å². The molecule has 0 unspecified atom stereocenters. The molecule has 1 aromatic carbocycles. The Bertz CT molecular complexity index is 1270. The summed E-state index contributed by atoms with van der Waals surface area (Å²) in [5, 5.41) is 9.90. The van der Waals surface area contributed by atoms with Gasteiger partial charge in [0.1, 0.15) is 17.3 Å². The first-order valence-electron chi connectivity index (χ1n) is 11.8. The van der Waals surface area contributed by atoms with Gasteiger partial charge in [-0.05, 0) is 75.3 Å². The molecule has 1 aliphatic heterocycles. The van der Waals surface area contributed by atoms with Gasteiger partial charge in [0, 0.05) is 48.6 Å². The summed E-state index contributed by atoms with van der Waals surface area (Å²) in [5.74, 6) is 2.33. The average Bonchev–Trinajstić information content (AvgIpc) is 2.90. The molecule has 0 radical (unpaired) electrons. The number of nitrogens with zero attached hydrogens (tertiary/aromatic N) is 6. The largest absolute Gasteiger partial charge is 0.371 e.